The third-order valence-electron chi connectivity index (χ3n) is 5.56. The molecule has 3 heterocycles. The topological polar surface area (TPSA) is 95.3 Å². The molecule has 0 unspecified atom stereocenters. The molecule has 0 radical (unpaired) electrons. The predicted octanol–water partition coefficient (Wildman–Crippen LogP) is 6.57. The molecule has 0 spiro atoms. The number of thiophene rings is 1. The molecular weight excluding hydrogens is 562 g/mol. The molecule has 0 bridgehead atoms. The lowest BCUT2D eigenvalue weighted by Gasteiger charge is -2.09. The van der Waals surface area contributed by atoms with Crippen molar-refractivity contribution in [2.24, 2.45) is 5.10 Å². The maximum absolute atomic E-state index is 13.1. The number of hydrogen-bond acceptors (Lipinski definition) is 7. The lowest BCUT2D eigenvalue weighted by atomic mass is 10.2. The van der Waals surface area contributed by atoms with Gasteiger partial charge in [-0.15, -0.1) is 11.3 Å². The van der Waals surface area contributed by atoms with Gasteiger partial charge in [-0.05, 0) is 56.3 Å². The van der Waals surface area contributed by atoms with E-state index in [0.29, 0.717) is 15.1 Å². The lowest BCUT2D eigenvalue weighted by molar-refractivity contribution is -0.387. The van der Waals surface area contributed by atoms with Crippen molar-refractivity contribution >= 4 is 61.1 Å². The summed E-state index contributed by atoms with van der Waals surface area (Å²) in [6.45, 7) is 4.03. The van der Waals surface area contributed by atoms with Gasteiger partial charge in [0.1, 0.15) is 11.2 Å². The molecule has 180 valence electrons. The van der Waals surface area contributed by atoms with E-state index in [-0.39, 0.29) is 11.2 Å². The highest BCUT2D eigenvalue weighted by atomic mass is 79.9. The highest BCUT2D eigenvalue weighted by Crippen LogP contribution is 2.39. The van der Waals surface area contributed by atoms with E-state index in [4.69, 9.17) is 0 Å². The first kappa shape index (κ1) is 24.2. The highest BCUT2D eigenvalue weighted by molar-refractivity contribution is 9.10. The van der Waals surface area contributed by atoms with E-state index < -0.39 is 4.92 Å². The van der Waals surface area contributed by atoms with Crippen LogP contribution in [0.4, 0.5) is 5.69 Å². The third kappa shape index (κ3) is 4.64. The number of halogens is 1. The van der Waals surface area contributed by atoms with Gasteiger partial charge in [-0.1, -0.05) is 39.8 Å². The van der Waals surface area contributed by atoms with E-state index in [1.165, 1.54) is 40.2 Å². The Morgan fingerprint density at radius 3 is 2.64 bits per heavy atom. The average Bonchev–Trinajstić information content (AvgIpc) is 3.39. The number of nitro groups is 1. The SMILES string of the molecule is Cc1cc(/C=N/n2cnc3sc(Sc4ccccc4[N+](=O)[O-])cc3c2=O)c(C)n1-c1ccc(Br)cc1. The molecule has 0 N–H and O–H groups in total. The molecule has 11 heteroatoms. The van der Waals surface area contributed by atoms with Crippen LogP contribution in [-0.2, 0) is 0 Å². The number of benzene rings is 2. The average molecular weight is 580 g/mol. The fourth-order valence-corrected chi connectivity index (χ4v) is 6.30. The van der Waals surface area contributed by atoms with Crippen LogP contribution in [0.3, 0.4) is 0 Å². The number of aryl methyl sites for hydroxylation is 1. The van der Waals surface area contributed by atoms with Crippen molar-refractivity contribution in [3.63, 3.8) is 0 Å². The maximum Gasteiger partial charge on any atom is 0.283 e. The van der Waals surface area contributed by atoms with Crippen LogP contribution in [0.15, 0.2) is 90.5 Å². The number of aromatic nitrogens is 3. The van der Waals surface area contributed by atoms with Crippen LogP contribution in [0, 0.1) is 24.0 Å². The summed E-state index contributed by atoms with van der Waals surface area (Å²) in [5, 5.41) is 16.1. The monoisotopic (exact) mass is 579 g/mol. The molecule has 0 atom stereocenters. The van der Waals surface area contributed by atoms with E-state index in [1.807, 2.05) is 44.2 Å². The molecule has 5 aromatic rings. The fourth-order valence-electron chi connectivity index (χ4n) is 3.86. The zero-order chi connectivity index (χ0) is 25.4. The zero-order valence-electron chi connectivity index (χ0n) is 19.1. The van der Waals surface area contributed by atoms with Gasteiger partial charge in [-0.3, -0.25) is 14.9 Å². The summed E-state index contributed by atoms with van der Waals surface area (Å²) >= 11 is 6.02. The van der Waals surface area contributed by atoms with Gasteiger partial charge in [0.15, 0.2) is 0 Å². The number of nitrogens with zero attached hydrogens (tertiary/aromatic N) is 5. The Morgan fingerprint density at radius 2 is 1.89 bits per heavy atom. The van der Waals surface area contributed by atoms with Gasteiger partial charge >= 0.3 is 0 Å². The minimum atomic E-state index is -0.413. The number of rotatable bonds is 6. The molecule has 0 amide bonds. The molecular formula is C25H18BrN5O3S2. The Kier molecular flexibility index (Phi) is 6.61. The largest absolute Gasteiger partial charge is 0.318 e. The second kappa shape index (κ2) is 9.84. The van der Waals surface area contributed by atoms with Crippen molar-refractivity contribution in [1.29, 1.82) is 0 Å². The highest BCUT2D eigenvalue weighted by Gasteiger charge is 2.16. The summed E-state index contributed by atoms with van der Waals surface area (Å²) in [6.07, 6.45) is 3.05. The molecule has 3 aromatic heterocycles. The first-order valence-corrected chi connectivity index (χ1v) is 13.2. The van der Waals surface area contributed by atoms with Crippen LogP contribution in [0.2, 0.25) is 0 Å². The molecule has 0 saturated heterocycles. The second-order valence-corrected chi connectivity index (χ2v) is 11.2. The molecule has 36 heavy (non-hydrogen) atoms. The number of fused-ring (bicyclic) bond motifs is 1. The first-order valence-electron chi connectivity index (χ1n) is 10.7. The Balaban J connectivity index is 1.45. The Hall–Kier alpha value is -3.54. The van der Waals surface area contributed by atoms with Crippen molar-refractivity contribution in [2.75, 3.05) is 0 Å². The third-order valence-corrected chi connectivity index (χ3v) is 8.31. The van der Waals surface area contributed by atoms with E-state index in [9.17, 15) is 14.9 Å². The smallest absolute Gasteiger partial charge is 0.283 e. The fraction of sp³-hybridized carbons (Fsp3) is 0.0800. The van der Waals surface area contributed by atoms with E-state index in [1.54, 1.807) is 30.5 Å². The van der Waals surface area contributed by atoms with Crippen LogP contribution >= 0.6 is 39.0 Å². The molecule has 8 nitrogen and oxygen atoms in total. The van der Waals surface area contributed by atoms with Crippen molar-refractivity contribution in [1.82, 2.24) is 14.2 Å². The summed E-state index contributed by atoms with van der Waals surface area (Å²) in [6, 6.07) is 18.3. The van der Waals surface area contributed by atoms with Gasteiger partial charge in [-0.2, -0.15) is 9.78 Å². The summed E-state index contributed by atoms with van der Waals surface area (Å²) in [5.74, 6) is 0. The van der Waals surface area contributed by atoms with Gasteiger partial charge in [0.25, 0.3) is 11.2 Å². The standard InChI is InChI=1S/C25H18BrN5O3S2/c1-15-11-17(16(2)30(15)19-9-7-18(26)8-10-19)13-28-29-14-27-24-20(25(29)32)12-23(36-24)35-22-6-4-3-5-21(22)31(33)34/h3-14H,1-2H3/b28-13+. The second-order valence-electron chi connectivity index (χ2n) is 7.89. The predicted molar refractivity (Wildman–Crippen MR) is 147 cm³/mol. The zero-order valence-corrected chi connectivity index (χ0v) is 22.3. The molecule has 0 aliphatic carbocycles. The maximum atomic E-state index is 13.1. The van der Waals surface area contributed by atoms with E-state index in [0.717, 1.165) is 31.3 Å². The molecule has 0 fully saturated rings. The van der Waals surface area contributed by atoms with Crippen LogP contribution in [0.5, 0.6) is 0 Å². The quantitative estimate of drug-likeness (QED) is 0.129. The lowest BCUT2D eigenvalue weighted by Crippen LogP contribution is -2.16. The van der Waals surface area contributed by atoms with Crippen LogP contribution in [0.1, 0.15) is 17.0 Å². The Labute approximate surface area is 222 Å². The van der Waals surface area contributed by atoms with Crippen LogP contribution in [-0.4, -0.2) is 25.4 Å². The van der Waals surface area contributed by atoms with Gasteiger partial charge in [-0.25, -0.2) is 4.98 Å². The van der Waals surface area contributed by atoms with Crippen molar-refractivity contribution in [3.8, 4) is 5.69 Å². The molecule has 0 aliphatic heterocycles. The van der Waals surface area contributed by atoms with Gasteiger partial charge in [0.2, 0.25) is 0 Å². The van der Waals surface area contributed by atoms with Crippen molar-refractivity contribution in [3.05, 3.63) is 109 Å². The van der Waals surface area contributed by atoms with Crippen molar-refractivity contribution in [2.45, 2.75) is 23.0 Å². The summed E-state index contributed by atoms with van der Waals surface area (Å²) in [4.78, 5) is 29.4. The number of hydrogen-bond donors (Lipinski definition) is 0. The molecule has 0 saturated carbocycles. The van der Waals surface area contributed by atoms with Crippen molar-refractivity contribution < 1.29 is 4.92 Å². The van der Waals surface area contributed by atoms with Crippen LogP contribution < -0.4 is 5.56 Å². The normalized spacial score (nSPS) is 11.5. The molecule has 5 rings (SSSR count). The van der Waals surface area contributed by atoms with Gasteiger partial charge in [0, 0.05) is 33.2 Å². The van der Waals surface area contributed by atoms with E-state index >= 15 is 0 Å². The first-order chi connectivity index (χ1) is 17.3. The molecule has 2 aromatic carbocycles. The number of nitro benzene ring substituents is 1. The van der Waals surface area contributed by atoms with E-state index in [2.05, 4.69) is 30.6 Å². The number of para-hydroxylation sites is 1. The van der Waals surface area contributed by atoms with Gasteiger partial charge < -0.3 is 4.57 Å². The summed E-state index contributed by atoms with van der Waals surface area (Å²) in [5.41, 5.74) is 3.70. The Morgan fingerprint density at radius 1 is 1.14 bits per heavy atom. The van der Waals surface area contributed by atoms with Crippen LogP contribution in [0.25, 0.3) is 15.9 Å². The molecule has 0 aliphatic rings. The summed E-state index contributed by atoms with van der Waals surface area (Å²) in [7, 11) is 0. The van der Waals surface area contributed by atoms with Gasteiger partial charge in [0.05, 0.1) is 25.6 Å². The minimum absolute atomic E-state index is 0.0238. The minimum Gasteiger partial charge on any atom is -0.318 e. The summed E-state index contributed by atoms with van der Waals surface area (Å²) < 4.78 is 5.09. The Bertz CT molecular complexity index is 1700.